The first kappa shape index (κ1) is 11.4. The zero-order valence-corrected chi connectivity index (χ0v) is 10.2. The van der Waals surface area contributed by atoms with Crippen molar-refractivity contribution in [3.05, 3.63) is 11.1 Å². The number of allylic oxidation sites excluding steroid dienone is 2. The Morgan fingerprint density at radius 3 is 1.88 bits per heavy atom. The third kappa shape index (κ3) is 1.58. The van der Waals surface area contributed by atoms with E-state index in [1.54, 1.807) is 0 Å². The Balaban J connectivity index is 2.24. The van der Waals surface area contributed by atoms with Gasteiger partial charge in [-0.15, -0.1) is 0 Å². The minimum absolute atomic E-state index is 0.0590. The van der Waals surface area contributed by atoms with Gasteiger partial charge < -0.3 is 0 Å². The molecule has 0 radical (unpaired) electrons. The average Bonchev–Trinajstić information content (AvgIpc) is 2.46. The lowest BCUT2D eigenvalue weighted by Crippen LogP contribution is -2.31. The Morgan fingerprint density at radius 2 is 1.50 bits per heavy atom. The molecule has 2 atom stereocenters. The normalized spacial score (nSPS) is 30.1. The molecule has 0 saturated carbocycles. The molecule has 0 aromatic heterocycles. The van der Waals surface area contributed by atoms with E-state index in [9.17, 15) is 9.59 Å². The molecule has 1 aliphatic carbocycles. The fraction of sp³-hybridized carbons (Fsp3) is 0.692. The topological polar surface area (TPSA) is 37.4 Å². The van der Waals surface area contributed by atoms with Gasteiger partial charge in [0.2, 0.25) is 11.8 Å². The van der Waals surface area contributed by atoms with Crippen molar-refractivity contribution in [3.8, 4) is 0 Å². The second-order valence-electron chi connectivity index (χ2n) is 5.01. The smallest absolute Gasteiger partial charge is 0.233 e. The minimum Gasteiger partial charge on any atom is -0.282 e. The first-order valence-corrected chi connectivity index (χ1v) is 6.06. The Hall–Kier alpha value is -1.12. The van der Waals surface area contributed by atoms with Crippen molar-refractivity contribution < 1.29 is 9.59 Å². The van der Waals surface area contributed by atoms with Gasteiger partial charge in [-0.1, -0.05) is 18.1 Å². The number of hydrogen-bond donors (Lipinski definition) is 0. The zero-order chi connectivity index (χ0) is 11.9. The summed E-state index contributed by atoms with van der Waals surface area (Å²) >= 11 is 0. The lowest BCUT2D eigenvalue weighted by molar-refractivity contribution is -0.139. The molecule has 16 heavy (non-hydrogen) atoms. The fourth-order valence-corrected chi connectivity index (χ4v) is 2.76. The second-order valence-corrected chi connectivity index (χ2v) is 5.01. The first-order chi connectivity index (χ1) is 7.56. The Labute approximate surface area is 96.5 Å². The SMILES string of the molecule is CCCN1C(=O)[C@H]2CC(C)=C(C)C[C@@H]2C1=O. The standard InChI is InChI=1S/C13H19NO2/c1-4-5-14-12(15)10-6-8(2)9(3)7-11(10)13(14)16/h10-11H,4-7H2,1-3H3/t10-,11-/m0/s1. The van der Waals surface area contributed by atoms with Gasteiger partial charge in [0.05, 0.1) is 11.8 Å². The molecular formula is C13H19NO2. The molecule has 2 amide bonds. The van der Waals surface area contributed by atoms with E-state index in [1.165, 1.54) is 16.0 Å². The number of rotatable bonds is 2. The van der Waals surface area contributed by atoms with Gasteiger partial charge in [0.1, 0.15) is 0 Å². The maximum absolute atomic E-state index is 12.1. The van der Waals surface area contributed by atoms with Crippen LogP contribution in [-0.2, 0) is 9.59 Å². The van der Waals surface area contributed by atoms with Gasteiger partial charge in [0, 0.05) is 6.54 Å². The van der Waals surface area contributed by atoms with Crippen LogP contribution < -0.4 is 0 Å². The molecule has 0 unspecified atom stereocenters. The van der Waals surface area contributed by atoms with E-state index in [0.717, 1.165) is 19.3 Å². The van der Waals surface area contributed by atoms with Crippen molar-refractivity contribution in [2.75, 3.05) is 6.54 Å². The van der Waals surface area contributed by atoms with Crippen molar-refractivity contribution in [3.63, 3.8) is 0 Å². The van der Waals surface area contributed by atoms with E-state index in [0.29, 0.717) is 6.54 Å². The average molecular weight is 221 g/mol. The van der Waals surface area contributed by atoms with Gasteiger partial charge in [0.15, 0.2) is 0 Å². The summed E-state index contributed by atoms with van der Waals surface area (Å²) in [5, 5.41) is 0. The lowest BCUT2D eigenvalue weighted by atomic mass is 9.78. The van der Waals surface area contributed by atoms with Gasteiger partial charge in [-0.2, -0.15) is 0 Å². The van der Waals surface area contributed by atoms with E-state index < -0.39 is 0 Å². The highest BCUT2D eigenvalue weighted by Crippen LogP contribution is 2.40. The van der Waals surface area contributed by atoms with Crippen molar-refractivity contribution in [2.24, 2.45) is 11.8 Å². The van der Waals surface area contributed by atoms with Crippen LogP contribution in [-0.4, -0.2) is 23.3 Å². The van der Waals surface area contributed by atoms with E-state index >= 15 is 0 Å². The van der Waals surface area contributed by atoms with Crippen LogP contribution in [0.5, 0.6) is 0 Å². The number of imide groups is 1. The molecule has 0 N–H and O–H groups in total. The monoisotopic (exact) mass is 221 g/mol. The van der Waals surface area contributed by atoms with Crippen LogP contribution in [0.4, 0.5) is 0 Å². The van der Waals surface area contributed by atoms with Gasteiger partial charge in [-0.3, -0.25) is 14.5 Å². The van der Waals surface area contributed by atoms with E-state index in [1.807, 2.05) is 6.92 Å². The van der Waals surface area contributed by atoms with E-state index in [2.05, 4.69) is 13.8 Å². The summed E-state index contributed by atoms with van der Waals surface area (Å²) in [6.45, 7) is 6.73. The van der Waals surface area contributed by atoms with Crippen molar-refractivity contribution in [1.82, 2.24) is 4.90 Å². The summed E-state index contributed by atoms with van der Waals surface area (Å²) in [6.07, 6.45) is 2.41. The molecule has 88 valence electrons. The van der Waals surface area contributed by atoms with Crippen LogP contribution in [0.15, 0.2) is 11.1 Å². The molecule has 1 saturated heterocycles. The summed E-state index contributed by atoms with van der Waals surface area (Å²) in [5.41, 5.74) is 2.58. The quantitative estimate of drug-likeness (QED) is 0.529. The molecule has 1 fully saturated rings. The minimum atomic E-state index is -0.0669. The predicted octanol–water partition coefficient (Wildman–Crippen LogP) is 2.13. The highest BCUT2D eigenvalue weighted by atomic mass is 16.2. The summed E-state index contributed by atoms with van der Waals surface area (Å²) < 4.78 is 0. The van der Waals surface area contributed by atoms with Gasteiger partial charge in [-0.05, 0) is 33.1 Å². The predicted molar refractivity (Wildman–Crippen MR) is 61.6 cm³/mol. The molecule has 2 rings (SSSR count). The number of fused-ring (bicyclic) bond motifs is 1. The summed E-state index contributed by atoms with van der Waals surface area (Å²) in [7, 11) is 0. The van der Waals surface area contributed by atoms with Crippen LogP contribution in [0, 0.1) is 11.8 Å². The van der Waals surface area contributed by atoms with Crippen LogP contribution in [0.1, 0.15) is 40.0 Å². The summed E-state index contributed by atoms with van der Waals surface area (Å²) in [6, 6.07) is 0. The van der Waals surface area contributed by atoms with E-state index in [-0.39, 0.29) is 23.7 Å². The van der Waals surface area contributed by atoms with Crippen LogP contribution in [0.3, 0.4) is 0 Å². The fourth-order valence-electron chi connectivity index (χ4n) is 2.76. The van der Waals surface area contributed by atoms with Crippen molar-refractivity contribution in [2.45, 2.75) is 40.0 Å². The number of carbonyl (C=O) groups is 2. The number of hydrogen-bond acceptors (Lipinski definition) is 2. The van der Waals surface area contributed by atoms with Crippen LogP contribution in [0.25, 0.3) is 0 Å². The zero-order valence-electron chi connectivity index (χ0n) is 10.2. The molecule has 0 aromatic carbocycles. The lowest BCUT2D eigenvalue weighted by Gasteiger charge is -2.23. The molecule has 3 nitrogen and oxygen atoms in total. The molecular weight excluding hydrogens is 202 g/mol. The number of likely N-dealkylation sites (tertiary alicyclic amines) is 1. The highest BCUT2D eigenvalue weighted by Gasteiger charge is 2.48. The highest BCUT2D eigenvalue weighted by molar-refractivity contribution is 6.05. The largest absolute Gasteiger partial charge is 0.282 e. The van der Waals surface area contributed by atoms with Crippen molar-refractivity contribution >= 4 is 11.8 Å². The van der Waals surface area contributed by atoms with Crippen molar-refractivity contribution in [1.29, 1.82) is 0 Å². The molecule has 0 bridgehead atoms. The number of carbonyl (C=O) groups excluding carboxylic acids is 2. The second kappa shape index (κ2) is 4.04. The van der Waals surface area contributed by atoms with Gasteiger partial charge >= 0.3 is 0 Å². The van der Waals surface area contributed by atoms with Crippen LogP contribution >= 0.6 is 0 Å². The Bertz CT molecular complexity index is 338. The van der Waals surface area contributed by atoms with E-state index in [4.69, 9.17) is 0 Å². The van der Waals surface area contributed by atoms with Gasteiger partial charge in [0.25, 0.3) is 0 Å². The molecule has 1 aliphatic heterocycles. The molecule has 0 spiro atoms. The maximum atomic E-state index is 12.1. The maximum Gasteiger partial charge on any atom is 0.233 e. The first-order valence-electron chi connectivity index (χ1n) is 6.06. The van der Waals surface area contributed by atoms with Crippen LogP contribution in [0.2, 0.25) is 0 Å². The molecule has 2 aliphatic rings. The number of nitrogens with zero attached hydrogens (tertiary/aromatic N) is 1. The molecule has 1 heterocycles. The third-order valence-corrected chi connectivity index (χ3v) is 3.88. The summed E-state index contributed by atoms with van der Waals surface area (Å²) in [4.78, 5) is 25.6. The Kier molecular flexibility index (Phi) is 2.87. The number of amides is 2. The summed E-state index contributed by atoms with van der Waals surface area (Å²) in [5.74, 6) is -0.0158. The molecule has 3 heteroatoms. The molecule has 0 aromatic rings. The van der Waals surface area contributed by atoms with Gasteiger partial charge in [-0.25, -0.2) is 0 Å². The third-order valence-electron chi connectivity index (χ3n) is 3.88. The Morgan fingerprint density at radius 1 is 1.06 bits per heavy atom.